The lowest BCUT2D eigenvalue weighted by Gasteiger charge is -2.22. The molecule has 40 heavy (non-hydrogen) atoms. The summed E-state index contributed by atoms with van der Waals surface area (Å²) in [4.78, 5) is 4.37. The molecule has 1 aliphatic carbocycles. The minimum atomic E-state index is -0.185. The minimum Gasteiger partial charge on any atom is -0.497 e. The number of hydrogen-bond donors (Lipinski definition) is 0. The fraction of sp³-hybridized carbons (Fsp3) is 0.176. The van der Waals surface area contributed by atoms with Crippen LogP contribution in [0.25, 0.3) is 28.6 Å². The third kappa shape index (κ3) is 4.46. The van der Waals surface area contributed by atoms with Crippen LogP contribution in [-0.2, 0) is 12.8 Å². The van der Waals surface area contributed by atoms with Gasteiger partial charge in [0.2, 0.25) is 0 Å². The largest absolute Gasteiger partial charge is 0.497 e. The first-order chi connectivity index (χ1) is 19.5. The summed E-state index contributed by atoms with van der Waals surface area (Å²) in [5, 5.41) is 5.78. The Bertz CT molecular complexity index is 1640. The van der Waals surface area contributed by atoms with Gasteiger partial charge < -0.3 is 9.47 Å². The number of rotatable bonds is 8. The number of nitrogens with zero attached hydrogens (tertiary/aromatic N) is 3. The van der Waals surface area contributed by atoms with E-state index in [1.54, 1.807) is 20.4 Å². The monoisotopic (exact) mass is 547 g/mol. The van der Waals surface area contributed by atoms with Gasteiger partial charge in [-0.15, -0.1) is 0 Å². The van der Waals surface area contributed by atoms with Crippen molar-refractivity contribution >= 4 is 17.7 Å². The van der Waals surface area contributed by atoms with Crippen molar-refractivity contribution in [1.82, 2.24) is 14.8 Å². The summed E-state index contributed by atoms with van der Waals surface area (Å²) in [7, 11) is 3.37. The highest BCUT2D eigenvalue weighted by Gasteiger charge is 2.33. The van der Waals surface area contributed by atoms with E-state index in [-0.39, 0.29) is 6.04 Å². The van der Waals surface area contributed by atoms with Gasteiger partial charge in [-0.2, -0.15) is 5.10 Å². The van der Waals surface area contributed by atoms with Crippen molar-refractivity contribution in [3.05, 3.63) is 124 Å². The smallest absolute Gasteiger partial charge is 0.129 e. The Labute approximate surface area is 239 Å². The van der Waals surface area contributed by atoms with E-state index in [0.717, 1.165) is 52.4 Å². The van der Waals surface area contributed by atoms with E-state index >= 15 is 0 Å². The van der Waals surface area contributed by atoms with Gasteiger partial charge >= 0.3 is 0 Å². The van der Waals surface area contributed by atoms with Crippen LogP contribution in [0.2, 0.25) is 5.15 Å². The molecule has 0 radical (unpaired) electrons. The molecule has 2 heterocycles. The number of halogens is 1. The number of ether oxygens (including phenoxy) is 2. The number of hydrogen-bond acceptors (Lipinski definition) is 4. The molecule has 0 N–H and O–H groups in total. The second-order valence-corrected chi connectivity index (χ2v) is 10.3. The van der Waals surface area contributed by atoms with Gasteiger partial charge in [0.25, 0.3) is 0 Å². The molecule has 200 valence electrons. The third-order valence-corrected chi connectivity index (χ3v) is 7.93. The van der Waals surface area contributed by atoms with Gasteiger partial charge in [-0.05, 0) is 76.7 Å². The Balaban J connectivity index is 1.63. The number of pyridine rings is 1. The molecule has 2 aromatic heterocycles. The molecule has 5 nitrogen and oxygen atoms in total. The van der Waals surface area contributed by atoms with E-state index in [9.17, 15) is 0 Å². The maximum Gasteiger partial charge on any atom is 0.129 e. The van der Waals surface area contributed by atoms with Crippen LogP contribution in [0, 0.1) is 0 Å². The number of benzene rings is 3. The number of aromatic nitrogens is 3. The first-order valence-corrected chi connectivity index (χ1v) is 13.7. The van der Waals surface area contributed by atoms with Crippen LogP contribution in [0.5, 0.6) is 11.5 Å². The molecule has 0 fully saturated rings. The van der Waals surface area contributed by atoms with E-state index in [1.165, 1.54) is 27.8 Å². The molecule has 0 aliphatic heterocycles. The summed E-state index contributed by atoms with van der Waals surface area (Å²) in [5.41, 5.74) is 11.3. The fourth-order valence-corrected chi connectivity index (χ4v) is 5.78. The summed E-state index contributed by atoms with van der Waals surface area (Å²) < 4.78 is 13.1. The predicted octanol–water partition coefficient (Wildman–Crippen LogP) is 8.03. The zero-order chi connectivity index (χ0) is 27.8. The zero-order valence-corrected chi connectivity index (χ0v) is 23.6. The summed E-state index contributed by atoms with van der Waals surface area (Å²) in [6.07, 6.45) is 5.47. The van der Waals surface area contributed by atoms with Gasteiger partial charge in [0.1, 0.15) is 22.7 Å². The van der Waals surface area contributed by atoms with E-state index < -0.39 is 0 Å². The minimum absolute atomic E-state index is 0.185. The summed E-state index contributed by atoms with van der Waals surface area (Å²) in [6.45, 7) is 6.25. The van der Waals surface area contributed by atoms with Crippen molar-refractivity contribution in [2.24, 2.45) is 0 Å². The van der Waals surface area contributed by atoms with E-state index in [0.29, 0.717) is 5.15 Å². The molecule has 0 bridgehead atoms. The third-order valence-electron chi connectivity index (χ3n) is 7.71. The number of aryl methyl sites for hydroxylation is 1. The van der Waals surface area contributed by atoms with Gasteiger partial charge in [0.15, 0.2) is 0 Å². The molecule has 0 amide bonds. The predicted molar refractivity (Wildman–Crippen MR) is 161 cm³/mol. The molecule has 5 aromatic rings. The molecule has 0 atom stereocenters. The van der Waals surface area contributed by atoms with E-state index in [4.69, 9.17) is 26.2 Å². The normalized spacial score (nSPS) is 11.8. The topological polar surface area (TPSA) is 49.2 Å². The molecule has 0 saturated heterocycles. The Kier molecular flexibility index (Phi) is 6.91. The van der Waals surface area contributed by atoms with E-state index in [2.05, 4.69) is 59.6 Å². The zero-order valence-electron chi connectivity index (χ0n) is 22.8. The van der Waals surface area contributed by atoms with Crippen molar-refractivity contribution in [3.8, 4) is 34.0 Å². The maximum absolute atomic E-state index is 6.15. The molecule has 0 unspecified atom stereocenters. The lowest BCUT2D eigenvalue weighted by molar-refractivity contribution is 0.414. The van der Waals surface area contributed by atoms with Gasteiger partial charge in [-0.1, -0.05) is 61.5 Å². The van der Waals surface area contributed by atoms with Crippen LogP contribution in [0.4, 0.5) is 0 Å². The first-order valence-electron chi connectivity index (χ1n) is 13.3. The van der Waals surface area contributed by atoms with Gasteiger partial charge in [0.05, 0.1) is 25.6 Å². The summed E-state index contributed by atoms with van der Waals surface area (Å²) in [6, 6.07) is 24.7. The molecule has 6 rings (SSSR count). The van der Waals surface area contributed by atoms with Crippen molar-refractivity contribution in [2.45, 2.75) is 25.8 Å². The molecular formula is C34H30ClN3O2. The SMILES string of the molecule is C=Cc1cc2c(cc1CC)-c1c(c(-c3ccc(Cl)nc3)nn1C(c1ccc(OC)cc1)c1ccc(OC)cc1)C2. The lowest BCUT2D eigenvalue weighted by atomic mass is 9.96. The van der Waals surface area contributed by atoms with Crippen molar-refractivity contribution in [2.75, 3.05) is 14.2 Å². The highest BCUT2D eigenvalue weighted by Crippen LogP contribution is 2.46. The van der Waals surface area contributed by atoms with Crippen LogP contribution in [-0.4, -0.2) is 29.0 Å². The fourth-order valence-electron chi connectivity index (χ4n) is 5.67. The van der Waals surface area contributed by atoms with Crippen LogP contribution < -0.4 is 9.47 Å². The average Bonchev–Trinajstić information content (AvgIpc) is 3.55. The van der Waals surface area contributed by atoms with Gasteiger partial charge in [0, 0.05) is 29.3 Å². The Morgan fingerprint density at radius 1 is 0.950 bits per heavy atom. The highest BCUT2D eigenvalue weighted by molar-refractivity contribution is 6.29. The average molecular weight is 548 g/mol. The number of methoxy groups -OCH3 is 2. The highest BCUT2D eigenvalue weighted by atomic mass is 35.5. The van der Waals surface area contributed by atoms with Crippen LogP contribution in [0.1, 0.15) is 46.3 Å². The van der Waals surface area contributed by atoms with Crippen LogP contribution in [0.15, 0.2) is 85.6 Å². The van der Waals surface area contributed by atoms with E-state index in [1.807, 2.05) is 42.5 Å². The van der Waals surface area contributed by atoms with Crippen LogP contribution >= 0.6 is 11.6 Å². The Morgan fingerprint density at radius 3 is 2.12 bits per heavy atom. The van der Waals surface area contributed by atoms with Crippen LogP contribution in [0.3, 0.4) is 0 Å². The molecule has 3 aromatic carbocycles. The number of fused-ring (bicyclic) bond motifs is 3. The second kappa shape index (κ2) is 10.7. The van der Waals surface area contributed by atoms with Crippen molar-refractivity contribution < 1.29 is 9.47 Å². The quantitative estimate of drug-likeness (QED) is 0.181. The molecule has 0 spiro atoms. The standard InChI is InChI=1S/C34H30ClN3O2/c1-5-21-17-26-19-30-32(25-11-16-31(35)36-20-25)37-38(34(30)29(26)18-22(21)6-2)33(23-7-12-27(39-3)13-8-23)24-9-14-28(40-4)15-10-24/h5,7-18,20,33H,1,6,19H2,2-4H3. The summed E-state index contributed by atoms with van der Waals surface area (Å²) in [5.74, 6) is 1.62. The first kappa shape index (κ1) is 25.9. The van der Waals surface area contributed by atoms with Gasteiger partial charge in [-0.25, -0.2) is 4.98 Å². The van der Waals surface area contributed by atoms with Gasteiger partial charge in [-0.3, -0.25) is 4.68 Å². The van der Waals surface area contributed by atoms with Crippen molar-refractivity contribution in [1.29, 1.82) is 0 Å². The molecular weight excluding hydrogens is 518 g/mol. The Hall–Kier alpha value is -4.35. The second-order valence-electron chi connectivity index (χ2n) is 9.88. The molecule has 0 saturated carbocycles. The lowest BCUT2D eigenvalue weighted by Crippen LogP contribution is -2.15. The maximum atomic E-state index is 6.15. The molecule has 1 aliphatic rings. The summed E-state index contributed by atoms with van der Waals surface area (Å²) >= 11 is 6.15. The van der Waals surface area contributed by atoms with Crippen molar-refractivity contribution in [3.63, 3.8) is 0 Å². The Morgan fingerprint density at radius 2 is 1.60 bits per heavy atom. The molecule has 6 heteroatoms.